The number of phenolic OH excluding ortho intramolecular Hbond substituents is 1. The Labute approximate surface area is 150 Å². The van der Waals surface area contributed by atoms with E-state index in [2.05, 4.69) is 42.4 Å². The van der Waals surface area contributed by atoms with Gasteiger partial charge in [-0.3, -0.25) is 4.79 Å². The fraction of sp³-hybridized carbons (Fsp3) is 0.611. The number of rotatable bonds is 8. The maximum absolute atomic E-state index is 12.6. The van der Waals surface area contributed by atoms with E-state index in [1.54, 1.807) is 12.1 Å². The van der Waals surface area contributed by atoms with E-state index in [-0.39, 0.29) is 23.6 Å². The van der Waals surface area contributed by atoms with Crippen LogP contribution in [0.4, 0.5) is 0 Å². The molecule has 0 unspecified atom stereocenters. The molecule has 1 aliphatic rings. The van der Waals surface area contributed by atoms with Gasteiger partial charge < -0.3 is 21.1 Å². The third kappa shape index (κ3) is 5.69. The SMILES string of the molecule is CC[C@H](C)[C@H](NC[C@H]1C[C@@H](S)CN1)C(=O)NCc1ccc(O)cc1. The lowest BCUT2D eigenvalue weighted by molar-refractivity contribution is -0.124. The molecule has 4 N–H and O–H groups in total. The monoisotopic (exact) mass is 351 g/mol. The van der Waals surface area contributed by atoms with Crippen LogP contribution in [0.25, 0.3) is 0 Å². The second kappa shape index (κ2) is 9.30. The number of hydrogen-bond acceptors (Lipinski definition) is 5. The first-order valence-corrected chi connectivity index (χ1v) is 9.21. The third-order valence-electron chi connectivity index (χ3n) is 4.68. The van der Waals surface area contributed by atoms with Crippen molar-refractivity contribution in [2.45, 2.75) is 50.6 Å². The van der Waals surface area contributed by atoms with Crippen LogP contribution in [0.5, 0.6) is 5.75 Å². The van der Waals surface area contributed by atoms with Crippen LogP contribution in [0.2, 0.25) is 0 Å². The number of nitrogens with one attached hydrogen (secondary N) is 3. The Morgan fingerprint density at radius 1 is 1.42 bits per heavy atom. The van der Waals surface area contributed by atoms with Crippen LogP contribution in [-0.2, 0) is 11.3 Å². The Balaban J connectivity index is 1.86. The maximum atomic E-state index is 12.6. The minimum Gasteiger partial charge on any atom is -0.508 e. The molecule has 4 atom stereocenters. The van der Waals surface area contributed by atoms with E-state index in [0.717, 1.165) is 31.5 Å². The molecule has 0 saturated carbocycles. The van der Waals surface area contributed by atoms with Crippen molar-refractivity contribution in [3.63, 3.8) is 0 Å². The van der Waals surface area contributed by atoms with Gasteiger partial charge in [-0.1, -0.05) is 32.4 Å². The van der Waals surface area contributed by atoms with Crippen molar-refractivity contribution in [3.05, 3.63) is 29.8 Å². The molecule has 6 heteroatoms. The average Bonchev–Trinajstić information content (AvgIpc) is 2.99. The van der Waals surface area contributed by atoms with E-state index in [1.807, 2.05) is 12.1 Å². The van der Waals surface area contributed by atoms with E-state index in [1.165, 1.54) is 0 Å². The summed E-state index contributed by atoms with van der Waals surface area (Å²) in [5.74, 6) is 0.520. The van der Waals surface area contributed by atoms with Crippen LogP contribution < -0.4 is 16.0 Å². The lowest BCUT2D eigenvalue weighted by Gasteiger charge is -2.25. The quantitative estimate of drug-likeness (QED) is 0.462. The van der Waals surface area contributed by atoms with Crippen molar-refractivity contribution < 1.29 is 9.90 Å². The van der Waals surface area contributed by atoms with Crippen molar-refractivity contribution in [3.8, 4) is 5.75 Å². The van der Waals surface area contributed by atoms with E-state index in [0.29, 0.717) is 17.8 Å². The Hall–Kier alpha value is -1.24. The van der Waals surface area contributed by atoms with Crippen LogP contribution in [0.15, 0.2) is 24.3 Å². The molecule has 1 saturated heterocycles. The highest BCUT2D eigenvalue weighted by Crippen LogP contribution is 2.14. The van der Waals surface area contributed by atoms with Gasteiger partial charge in [-0.25, -0.2) is 0 Å². The second-order valence-electron chi connectivity index (χ2n) is 6.65. The Morgan fingerprint density at radius 2 is 2.12 bits per heavy atom. The number of thiol groups is 1. The number of aromatic hydroxyl groups is 1. The second-order valence-corrected chi connectivity index (χ2v) is 7.38. The summed E-state index contributed by atoms with van der Waals surface area (Å²) in [6.07, 6.45) is 1.97. The molecule has 5 nitrogen and oxygen atoms in total. The van der Waals surface area contributed by atoms with Crippen molar-refractivity contribution in [2.24, 2.45) is 5.92 Å². The largest absolute Gasteiger partial charge is 0.508 e. The summed E-state index contributed by atoms with van der Waals surface area (Å²) in [6.45, 7) is 6.37. The highest BCUT2D eigenvalue weighted by molar-refractivity contribution is 7.81. The number of benzene rings is 1. The summed E-state index contributed by atoms with van der Waals surface area (Å²) >= 11 is 4.49. The molecule has 24 heavy (non-hydrogen) atoms. The minimum absolute atomic E-state index is 0.0258. The minimum atomic E-state index is -0.201. The lowest BCUT2D eigenvalue weighted by atomic mass is 9.97. The smallest absolute Gasteiger partial charge is 0.237 e. The topological polar surface area (TPSA) is 73.4 Å². The van der Waals surface area contributed by atoms with E-state index in [9.17, 15) is 9.90 Å². The van der Waals surface area contributed by atoms with Crippen LogP contribution >= 0.6 is 12.6 Å². The molecule has 0 radical (unpaired) electrons. The number of hydrogen-bond donors (Lipinski definition) is 5. The van der Waals surface area contributed by atoms with Gasteiger partial charge in [0.2, 0.25) is 5.91 Å². The summed E-state index contributed by atoms with van der Waals surface area (Å²) in [4.78, 5) is 12.6. The van der Waals surface area contributed by atoms with E-state index < -0.39 is 0 Å². The van der Waals surface area contributed by atoms with Crippen molar-refractivity contribution in [2.75, 3.05) is 13.1 Å². The Morgan fingerprint density at radius 3 is 2.71 bits per heavy atom. The predicted molar refractivity (Wildman–Crippen MR) is 100 cm³/mol. The highest BCUT2D eigenvalue weighted by Gasteiger charge is 2.26. The third-order valence-corrected chi connectivity index (χ3v) is 5.07. The summed E-state index contributed by atoms with van der Waals surface area (Å²) in [6, 6.07) is 7.07. The maximum Gasteiger partial charge on any atom is 0.237 e. The molecule has 1 fully saturated rings. The lowest BCUT2D eigenvalue weighted by Crippen LogP contribution is -2.50. The van der Waals surface area contributed by atoms with Crippen LogP contribution in [-0.4, -0.2) is 41.4 Å². The molecule has 0 spiro atoms. The molecule has 0 aliphatic carbocycles. The molecule has 1 amide bonds. The summed E-state index contributed by atoms with van der Waals surface area (Å²) in [5.41, 5.74) is 0.972. The van der Waals surface area contributed by atoms with Gasteiger partial charge in [-0.15, -0.1) is 0 Å². The van der Waals surface area contributed by atoms with Gasteiger partial charge in [0.15, 0.2) is 0 Å². The summed E-state index contributed by atoms with van der Waals surface area (Å²) in [5, 5.41) is 19.6. The predicted octanol–water partition coefficient (Wildman–Crippen LogP) is 1.67. The standard InChI is InChI=1S/C18H29N3O2S/c1-3-12(2)17(20-10-14-8-16(24)11-19-14)18(23)21-9-13-4-6-15(22)7-5-13/h4-7,12,14,16-17,19-20,22,24H,3,8-11H2,1-2H3,(H,21,23)/t12-,14+,16+,17-/m0/s1. The highest BCUT2D eigenvalue weighted by atomic mass is 32.1. The van der Waals surface area contributed by atoms with Crippen molar-refractivity contribution in [1.29, 1.82) is 0 Å². The van der Waals surface area contributed by atoms with Gasteiger partial charge in [-0.2, -0.15) is 12.6 Å². The molecule has 2 rings (SSSR count). The Bertz CT molecular complexity index is 524. The number of phenols is 1. The normalized spacial score (nSPS) is 23.0. The zero-order chi connectivity index (χ0) is 17.5. The van der Waals surface area contributed by atoms with Gasteiger partial charge in [0, 0.05) is 30.9 Å². The number of carbonyl (C=O) groups excluding carboxylic acids is 1. The molecule has 1 aromatic carbocycles. The molecule has 1 aliphatic heterocycles. The van der Waals surface area contributed by atoms with Crippen LogP contribution in [0, 0.1) is 5.92 Å². The van der Waals surface area contributed by atoms with E-state index >= 15 is 0 Å². The number of carbonyl (C=O) groups is 1. The number of amides is 1. The first-order valence-electron chi connectivity index (χ1n) is 8.70. The van der Waals surface area contributed by atoms with Crippen molar-refractivity contribution >= 4 is 18.5 Å². The van der Waals surface area contributed by atoms with E-state index in [4.69, 9.17) is 0 Å². The van der Waals surface area contributed by atoms with Gasteiger partial charge >= 0.3 is 0 Å². The molecular formula is C18H29N3O2S. The first kappa shape index (κ1) is 19.1. The zero-order valence-corrected chi connectivity index (χ0v) is 15.4. The molecule has 0 aromatic heterocycles. The van der Waals surface area contributed by atoms with Gasteiger partial charge in [-0.05, 0) is 30.0 Å². The molecule has 134 valence electrons. The summed E-state index contributed by atoms with van der Waals surface area (Å²) < 4.78 is 0. The van der Waals surface area contributed by atoms with Crippen LogP contribution in [0.1, 0.15) is 32.3 Å². The van der Waals surface area contributed by atoms with Gasteiger partial charge in [0.25, 0.3) is 0 Å². The van der Waals surface area contributed by atoms with Crippen molar-refractivity contribution in [1.82, 2.24) is 16.0 Å². The van der Waals surface area contributed by atoms with Gasteiger partial charge in [0.1, 0.15) is 5.75 Å². The average molecular weight is 352 g/mol. The molecule has 1 heterocycles. The summed E-state index contributed by atoms with van der Waals surface area (Å²) in [7, 11) is 0. The Kier molecular flexibility index (Phi) is 7.40. The molecule has 0 bridgehead atoms. The molecule has 1 aromatic rings. The van der Waals surface area contributed by atoms with Crippen LogP contribution in [0.3, 0.4) is 0 Å². The fourth-order valence-corrected chi connectivity index (χ4v) is 3.28. The first-order chi connectivity index (χ1) is 11.5. The zero-order valence-electron chi connectivity index (χ0n) is 14.5. The fourth-order valence-electron chi connectivity index (χ4n) is 2.92. The molecular weight excluding hydrogens is 322 g/mol. The van der Waals surface area contributed by atoms with Gasteiger partial charge in [0.05, 0.1) is 6.04 Å².